The fourth-order valence-electron chi connectivity index (χ4n) is 4.86. The van der Waals surface area contributed by atoms with Gasteiger partial charge in [0.1, 0.15) is 34.8 Å². The fourth-order valence-corrected chi connectivity index (χ4v) is 4.86. The summed E-state index contributed by atoms with van der Waals surface area (Å²) in [6, 6.07) is 5.90. The van der Waals surface area contributed by atoms with Gasteiger partial charge in [0.25, 0.3) is 0 Å². The molecule has 0 radical (unpaired) electrons. The Morgan fingerprint density at radius 1 is 1.19 bits per heavy atom. The van der Waals surface area contributed by atoms with E-state index in [-0.39, 0.29) is 5.54 Å². The van der Waals surface area contributed by atoms with Gasteiger partial charge in [0.05, 0.1) is 12.6 Å². The van der Waals surface area contributed by atoms with Crippen LogP contribution in [-0.4, -0.2) is 47.2 Å². The molecular weight excluding hydrogens is 392 g/mol. The number of hydrogen-bond donors (Lipinski definition) is 2. The largest absolute Gasteiger partial charge is 0.496 e. The molecule has 8 nitrogen and oxygen atoms in total. The van der Waals surface area contributed by atoms with Crippen molar-refractivity contribution < 1.29 is 9.47 Å². The predicted molar refractivity (Wildman–Crippen MR) is 121 cm³/mol. The van der Waals surface area contributed by atoms with E-state index in [0.29, 0.717) is 22.8 Å². The summed E-state index contributed by atoms with van der Waals surface area (Å²) >= 11 is 0. The van der Waals surface area contributed by atoms with Crippen molar-refractivity contribution in [2.45, 2.75) is 38.6 Å². The van der Waals surface area contributed by atoms with E-state index in [2.05, 4.69) is 20.2 Å². The zero-order chi connectivity index (χ0) is 21.6. The Morgan fingerprint density at radius 2 is 2.06 bits per heavy atom. The van der Waals surface area contributed by atoms with Crippen LogP contribution in [0.4, 0.5) is 11.6 Å². The predicted octanol–water partition coefficient (Wildman–Crippen LogP) is 3.36. The highest BCUT2D eigenvalue weighted by molar-refractivity contribution is 5.94. The molecule has 2 aliphatic rings. The third-order valence-corrected chi connectivity index (χ3v) is 6.58. The Balaban J connectivity index is 1.59. The van der Waals surface area contributed by atoms with Crippen LogP contribution < -0.4 is 25.4 Å². The summed E-state index contributed by atoms with van der Waals surface area (Å²) in [6.07, 6.45) is 5.03. The summed E-state index contributed by atoms with van der Waals surface area (Å²) in [5, 5.41) is 4.33. The monoisotopic (exact) mass is 420 g/mol. The molecule has 2 fully saturated rings. The molecule has 2 saturated heterocycles. The molecule has 0 amide bonds. The topological polar surface area (TPSA) is 98.4 Å². The highest BCUT2D eigenvalue weighted by Crippen LogP contribution is 2.39. The minimum absolute atomic E-state index is 0.197. The number of methoxy groups -OCH3 is 1. The number of aromatic nitrogens is 3. The molecule has 1 aromatic carbocycles. The molecule has 0 aliphatic carbocycles. The lowest BCUT2D eigenvalue weighted by molar-refractivity contribution is 0.402. The summed E-state index contributed by atoms with van der Waals surface area (Å²) in [6.45, 7) is 6.95. The Morgan fingerprint density at radius 3 is 2.84 bits per heavy atom. The minimum atomic E-state index is 0.197. The number of nitrogens with one attached hydrogen (secondary N) is 1. The lowest BCUT2D eigenvalue weighted by Gasteiger charge is -2.25. The third-order valence-electron chi connectivity index (χ3n) is 6.58. The summed E-state index contributed by atoms with van der Waals surface area (Å²) in [7, 11) is 1.65. The molecule has 8 heteroatoms. The van der Waals surface area contributed by atoms with Gasteiger partial charge in [-0.25, -0.2) is 9.97 Å². The zero-order valence-corrected chi connectivity index (χ0v) is 18.2. The third kappa shape index (κ3) is 3.40. The summed E-state index contributed by atoms with van der Waals surface area (Å²) < 4.78 is 11.9. The molecule has 0 saturated carbocycles. The lowest BCUT2D eigenvalue weighted by atomic mass is 9.97. The van der Waals surface area contributed by atoms with E-state index in [0.717, 1.165) is 54.3 Å². The number of pyridine rings is 1. The van der Waals surface area contributed by atoms with Crippen LogP contribution >= 0.6 is 0 Å². The molecule has 162 valence electrons. The van der Waals surface area contributed by atoms with Gasteiger partial charge in [0, 0.05) is 30.3 Å². The number of benzene rings is 1. The fraction of sp³-hybridized carbons (Fsp3) is 0.435. The van der Waals surface area contributed by atoms with E-state index < -0.39 is 0 Å². The Bertz CT molecular complexity index is 1140. The average molecular weight is 421 g/mol. The number of nitrogens with two attached hydrogens (primary N) is 1. The molecule has 2 aliphatic heterocycles. The van der Waals surface area contributed by atoms with Gasteiger partial charge in [0.15, 0.2) is 0 Å². The maximum Gasteiger partial charge on any atom is 0.234 e. The van der Waals surface area contributed by atoms with Crippen LogP contribution in [0, 0.1) is 13.8 Å². The van der Waals surface area contributed by atoms with Crippen molar-refractivity contribution in [2.24, 2.45) is 0 Å². The van der Waals surface area contributed by atoms with Gasteiger partial charge >= 0.3 is 0 Å². The molecule has 1 unspecified atom stereocenters. The van der Waals surface area contributed by atoms with Crippen molar-refractivity contribution in [3.8, 4) is 17.4 Å². The first-order chi connectivity index (χ1) is 15.0. The standard InChI is InChI=1S/C23H28N6O2/c1-14-5-6-17(30-3)15(2)20(14)31-22-19-16(25-13-26-21(19)24)11-18(28-22)29-10-8-23(12-29)7-4-9-27-23/h5-6,11,13,27H,4,7-10,12H2,1-3H3,(H2,24,25,26). The lowest BCUT2D eigenvalue weighted by Crippen LogP contribution is -2.42. The van der Waals surface area contributed by atoms with Gasteiger partial charge in [-0.05, 0) is 51.3 Å². The van der Waals surface area contributed by atoms with Gasteiger partial charge in [0.2, 0.25) is 5.88 Å². The number of hydrogen-bond acceptors (Lipinski definition) is 8. The van der Waals surface area contributed by atoms with Gasteiger partial charge in [-0.15, -0.1) is 0 Å². The molecule has 1 atom stereocenters. The van der Waals surface area contributed by atoms with Crippen LogP contribution in [0.2, 0.25) is 0 Å². The summed E-state index contributed by atoms with van der Waals surface area (Å²) in [5.74, 6) is 3.10. The first-order valence-electron chi connectivity index (χ1n) is 10.7. The van der Waals surface area contributed by atoms with E-state index in [1.54, 1.807) is 7.11 Å². The molecule has 3 aromatic rings. The number of ether oxygens (including phenoxy) is 2. The quantitative estimate of drug-likeness (QED) is 0.663. The normalized spacial score (nSPS) is 20.7. The first kappa shape index (κ1) is 19.8. The van der Waals surface area contributed by atoms with Crippen LogP contribution in [0.3, 0.4) is 0 Å². The van der Waals surface area contributed by atoms with E-state index in [9.17, 15) is 0 Å². The Hall–Kier alpha value is -3.13. The maximum absolute atomic E-state index is 6.40. The number of nitrogens with zero attached hydrogens (tertiary/aromatic N) is 4. The van der Waals surface area contributed by atoms with Crippen LogP contribution in [-0.2, 0) is 0 Å². The number of anilines is 2. The van der Waals surface area contributed by atoms with E-state index in [1.807, 2.05) is 32.0 Å². The van der Waals surface area contributed by atoms with Crippen molar-refractivity contribution >= 4 is 22.5 Å². The maximum atomic E-state index is 6.40. The second-order valence-electron chi connectivity index (χ2n) is 8.56. The molecule has 5 rings (SSSR count). The minimum Gasteiger partial charge on any atom is -0.496 e. The SMILES string of the molecule is COc1ccc(C)c(Oc2nc(N3CCC4(CCCN4)C3)cc3ncnc(N)c23)c1C. The second-order valence-corrected chi connectivity index (χ2v) is 8.56. The van der Waals surface area contributed by atoms with E-state index in [1.165, 1.54) is 19.2 Å². The average Bonchev–Trinajstić information content (AvgIpc) is 3.41. The Kier molecular flexibility index (Phi) is 4.81. The van der Waals surface area contributed by atoms with Crippen LogP contribution in [0.25, 0.3) is 10.9 Å². The van der Waals surface area contributed by atoms with Crippen molar-refractivity contribution in [3.05, 3.63) is 35.7 Å². The van der Waals surface area contributed by atoms with Crippen LogP contribution in [0.5, 0.6) is 17.4 Å². The summed E-state index contributed by atoms with van der Waals surface area (Å²) in [4.78, 5) is 15.9. The van der Waals surface area contributed by atoms with E-state index in [4.69, 9.17) is 20.2 Å². The first-order valence-corrected chi connectivity index (χ1v) is 10.7. The highest BCUT2D eigenvalue weighted by Gasteiger charge is 2.40. The van der Waals surface area contributed by atoms with Gasteiger partial charge in [-0.3, -0.25) is 0 Å². The molecule has 0 bridgehead atoms. The zero-order valence-electron chi connectivity index (χ0n) is 18.2. The van der Waals surface area contributed by atoms with Crippen molar-refractivity contribution in [1.29, 1.82) is 0 Å². The molecule has 3 N–H and O–H groups in total. The number of aryl methyl sites for hydroxylation is 1. The van der Waals surface area contributed by atoms with E-state index >= 15 is 0 Å². The molecule has 31 heavy (non-hydrogen) atoms. The molecule has 4 heterocycles. The van der Waals surface area contributed by atoms with Crippen molar-refractivity contribution in [2.75, 3.05) is 37.4 Å². The molecule has 1 spiro atoms. The molecular formula is C23H28N6O2. The van der Waals surface area contributed by atoms with Crippen molar-refractivity contribution in [1.82, 2.24) is 20.3 Å². The van der Waals surface area contributed by atoms with Gasteiger partial charge < -0.3 is 25.4 Å². The number of rotatable bonds is 4. The van der Waals surface area contributed by atoms with Gasteiger partial charge in [-0.2, -0.15) is 4.98 Å². The van der Waals surface area contributed by atoms with Crippen LogP contribution in [0.1, 0.15) is 30.4 Å². The van der Waals surface area contributed by atoms with Crippen LogP contribution in [0.15, 0.2) is 24.5 Å². The summed E-state index contributed by atoms with van der Waals surface area (Å²) in [5.41, 5.74) is 9.05. The second kappa shape index (κ2) is 7.53. The smallest absolute Gasteiger partial charge is 0.234 e. The number of fused-ring (bicyclic) bond motifs is 1. The molecule has 2 aromatic heterocycles. The van der Waals surface area contributed by atoms with Crippen molar-refractivity contribution in [3.63, 3.8) is 0 Å². The number of nitrogen functional groups attached to an aromatic ring is 1. The highest BCUT2D eigenvalue weighted by atomic mass is 16.5. The Labute approximate surface area is 181 Å². The van der Waals surface area contributed by atoms with Gasteiger partial charge in [-0.1, -0.05) is 6.07 Å².